The number of aromatic nitrogens is 1. The van der Waals surface area contributed by atoms with Crippen molar-refractivity contribution in [2.24, 2.45) is 11.8 Å². The molecule has 0 aliphatic carbocycles. The van der Waals surface area contributed by atoms with E-state index < -0.39 is 16.8 Å². The zero-order valence-electron chi connectivity index (χ0n) is 11.4. The maximum Gasteiger partial charge on any atom is 0.311 e. The molecule has 1 saturated heterocycles. The topological polar surface area (TPSA) is 96.6 Å². The number of aliphatic carboxylic acids is 1. The van der Waals surface area contributed by atoms with Gasteiger partial charge in [-0.3, -0.25) is 14.9 Å². The quantitative estimate of drug-likeness (QED) is 0.670. The largest absolute Gasteiger partial charge is 0.481 e. The van der Waals surface area contributed by atoms with Crippen LogP contribution in [0.3, 0.4) is 0 Å². The number of hydrogen-bond acceptors (Lipinski definition) is 5. The number of anilines is 1. The molecule has 0 spiro atoms. The van der Waals surface area contributed by atoms with E-state index in [0.29, 0.717) is 18.7 Å². The first-order valence-corrected chi connectivity index (χ1v) is 6.48. The van der Waals surface area contributed by atoms with Crippen molar-refractivity contribution < 1.29 is 14.8 Å². The molecule has 1 fully saturated rings. The van der Waals surface area contributed by atoms with Crippen molar-refractivity contribution in [1.82, 2.24) is 4.98 Å². The van der Waals surface area contributed by atoms with E-state index in [4.69, 9.17) is 0 Å². The summed E-state index contributed by atoms with van der Waals surface area (Å²) >= 11 is 0. The fourth-order valence-electron chi connectivity index (χ4n) is 2.61. The van der Waals surface area contributed by atoms with E-state index in [-0.39, 0.29) is 24.0 Å². The summed E-state index contributed by atoms with van der Waals surface area (Å²) in [6.07, 6.45) is 0.589. The summed E-state index contributed by atoms with van der Waals surface area (Å²) in [5.74, 6) is -0.947. The van der Waals surface area contributed by atoms with Crippen LogP contribution in [0.5, 0.6) is 0 Å². The predicted octanol–water partition coefficient (Wildman–Crippen LogP) is 1.85. The van der Waals surface area contributed by atoms with Crippen molar-refractivity contribution in [1.29, 1.82) is 0 Å². The Balaban J connectivity index is 2.37. The van der Waals surface area contributed by atoms with Crippen LogP contribution in [0, 0.1) is 28.9 Å². The van der Waals surface area contributed by atoms with E-state index >= 15 is 0 Å². The van der Waals surface area contributed by atoms with Gasteiger partial charge in [0.2, 0.25) is 5.82 Å². The Bertz CT molecular complexity index is 546. The zero-order chi connectivity index (χ0) is 14.9. The molecule has 1 aliphatic heterocycles. The van der Waals surface area contributed by atoms with Crippen LogP contribution in [0.4, 0.5) is 11.5 Å². The van der Waals surface area contributed by atoms with Crippen molar-refractivity contribution in [3.63, 3.8) is 0 Å². The van der Waals surface area contributed by atoms with E-state index in [0.717, 1.165) is 0 Å². The molecule has 108 valence electrons. The predicted molar refractivity (Wildman–Crippen MR) is 72.7 cm³/mol. The highest BCUT2D eigenvalue weighted by atomic mass is 16.6. The zero-order valence-corrected chi connectivity index (χ0v) is 11.4. The number of pyridine rings is 1. The van der Waals surface area contributed by atoms with Gasteiger partial charge in [0.1, 0.15) is 0 Å². The Kier molecular flexibility index (Phi) is 3.87. The Morgan fingerprint density at radius 2 is 2.20 bits per heavy atom. The van der Waals surface area contributed by atoms with E-state index in [1.54, 1.807) is 17.9 Å². The van der Waals surface area contributed by atoms with Gasteiger partial charge in [0.05, 0.1) is 10.8 Å². The second-order valence-corrected chi connectivity index (χ2v) is 5.33. The molecule has 2 rings (SSSR count). The molecule has 0 saturated carbocycles. The number of piperidine rings is 1. The van der Waals surface area contributed by atoms with Crippen LogP contribution in [0.25, 0.3) is 0 Å². The number of carboxylic acid groups (broad SMARTS) is 1. The number of rotatable bonds is 3. The third-order valence-electron chi connectivity index (χ3n) is 3.50. The van der Waals surface area contributed by atoms with Crippen LogP contribution in [0.1, 0.15) is 19.0 Å². The van der Waals surface area contributed by atoms with E-state index in [1.807, 2.05) is 6.92 Å². The van der Waals surface area contributed by atoms with Gasteiger partial charge in [-0.05, 0) is 25.3 Å². The molecule has 2 heterocycles. The first-order chi connectivity index (χ1) is 9.38. The Labute approximate surface area is 116 Å². The van der Waals surface area contributed by atoms with Crippen molar-refractivity contribution in [3.05, 3.63) is 27.9 Å². The molecular weight excluding hydrogens is 262 g/mol. The average Bonchev–Trinajstić information content (AvgIpc) is 2.37. The summed E-state index contributed by atoms with van der Waals surface area (Å²) in [6, 6.07) is 3.01. The molecule has 0 aromatic carbocycles. The molecule has 1 N–H and O–H groups in total. The summed E-state index contributed by atoms with van der Waals surface area (Å²) in [6.45, 7) is 4.55. The standard InChI is InChI=1S/C13H17N3O4/c1-8-5-10(13(17)18)7-15(6-8)12-11(16(19)20)4-3-9(2)14-12/h3-4,8,10H,5-7H2,1-2H3,(H,17,18). The van der Waals surface area contributed by atoms with Gasteiger partial charge in [0.25, 0.3) is 0 Å². The minimum atomic E-state index is -0.864. The van der Waals surface area contributed by atoms with Crippen LogP contribution in [-0.4, -0.2) is 34.1 Å². The molecule has 7 nitrogen and oxygen atoms in total. The number of carbonyl (C=O) groups is 1. The number of aryl methyl sites for hydroxylation is 1. The summed E-state index contributed by atoms with van der Waals surface area (Å²) in [5, 5.41) is 20.3. The lowest BCUT2D eigenvalue weighted by atomic mass is 9.90. The van der Waals surface area contributed by atoms with Gasteiger partial charge in [-0.15, -0.1) is 0 Å². The molecule has 0 amide bonds. The molecule has 1 aromatic rings. The smallest absolute Gasteiger partial charge is 0.311 e. The highest BCUT2D eigenvalue weighted by Crippen LogP contribution is 2.31. The molecular formula is C13H17N3O4. The van der Waals surface area contributed by atoms with Crippen molar-refractivity contribution >= 4 is 17.5 Å². The maximum atomic E-state index is 11.2. The highest BCUT2D eigenvalue weighted by molar-refractivity contribution is 5.72. The molecule has 1 aliphatic rings. The first kappa shape index (κ1) is 14.2. The normalized spacial score (nSPS) is 22.6. The van der Waals surface area contributed by atoms with Gasteiger partial charge in [-0.1, -0.05) is 6.92 Å². The highest BCUT2D eigenvalue weighted by Gasteiger charge is 2.33. The van der Waals surface area contributed by atoms with Gasteiger partial charge >= 0.3 is 11.7 Å². The van der Waals surface area contributed by atoms with Gasteiger partial charge < -0.3 is 10.0 Å². The summed E-state index contributed by atoms with van der Waals surface area (Å²) in [4.78, 5) is 27.8. The van der Waals surface area contributed by atoms with Gasteiger partial charge in [0, 0.05) is 24.8 Å². The van der Waals surface area contributed by atoms with Crippen LogP contribution < -0.4 is 4.90 Å². The lowest BCUT2D eigenvalue weighted by Crippen LogP contribution is -2.43. The molecule has 0 radical (unpaired) electrons. The average molecular weight is 279 g/mol. The monoisotopic (exact) mass is 279 g/mol. The SMILES string of the molecule is Cc1ccc([N+](=O)[O-])c(N2CC(C)CC(C(=O)O)C2)n1. The molecule has 2 atom stereocenters. The molecule has 20 heavy (non-hydrogen) atoms. The Morgan fingerprint density at radius 3 is 2.80 bits per heavy atom. The second-order valence-electron chi connectivity index (χ2n) is 5.33. The van der Waals surface area contributed by atoms with Crippen molar-refractivity contribution in [2.75, 3.05) is 18.0 Å². The Morgan fingerprint density at radius 1 is 1.50 bits per heavy atom. The lowest BCUT2D eigenvalue weighted by molar-refractivity contribution is -0.384. The lowest BCUT2D eigenvalue weighted by Gasteiger charge is -2.35. The van der Waals surface area contributed by atoms with Gasteiger partial charge in [-0.2, -0.15) is 0 Å². The van der Waals surface area contributed by atoms with E-state index in [2.05, 4.69) is 4.98 Å². The van der Waals surface area contributed by atoms with E-state index in [1.165, 1.54) is 6.07 Å². The Hall–Kier alpha value is -2.18. The molecule has 7 heteroatoms. The summed E-state index contributed by atoms with van der Waals surface area (Å²) in [7, 11) is 0. The van der Waals surface area contributed by atoms with Crippen LogP contribution in [0.15, 0.2) is 12.1 Å². The number of carboxylic acids is 1. The number of hydrogen-bond donors (Lipinski definition) is 1. The van der Waals surface area contributed by atoms with Gasteiger partial charge in [-0.25, -0.2) is 4.98 Å². The van der Waals surface area contributed by atoms with Crippen LogP contribution in [-0.2, 0) is 4.79 Å². The van der Waals surface area contributed by atoms with Gasteiger partial charge in [0.15, 0.2) is 0 Å². The molecule has 1 aromatic heterocycles. The minimum Gasteiger partial charge on any atom is -0.481 e. The fraction of sp³-hybridized carbons (Fsp3) is 0.538. The third-order valence-corrected chi connectivity index (χ3v) is 3.50. The summed E-state index contributed by atoms with van der Waals surface area (Å²) < 4.78 is 0. The molecule has 0 bridgehead atoms. The van der Waals surface area contributed by atoms with Crippen LogP contribution in [0.2, 0.25) is 0 Å². The van der Waals surface area contributed by atoms with Crippen molar-refractivity contribution in [2.45, 2.75) is 20.3 Å². The van der Waals surface area contributed by atoms with Crippen molar-refractivity contribution in [3.8, 4) is 0 Å². The third kappa shape index (κ3) is 2.87. The van der Waals surface area contributed by atoms with E-state index in [9.17, 15) is 20.0 Å². The second kappa shape index (κ2) is 5.44. The fourth-order valence-corrected chi connectivity index (χ4v) is 2.61. The maximum absolute atomic E-state index is 11.2. The number of nitro groups is 1. The first-order valence-electron chi connectivity index (χ1n) is 6.48. The molecule has 2 unspecified atom stereocenters. The number of nitrogens with zero attached hydrogens (tertiary/aromatic N) is 3. The van der Waals surface area contributed by atoms with Crippen LogP contribution >= 0.6 is 0 Å². The minimum absolute atomic E-state index is 0.0751. The summed E-state index contributed by atoms with van der Waals surface area (Å²) in [5.41, 5.74) is 0.601.